The molecule has 1 atom stereocenters. The second kappa shape index (κ2) is 6.08. The molecule has 1 aromatic heterocycles. The molecule has 1 fully saturated rings. The highest BCUT2D eigenvalue weighted by Gasteiger charge is 2.31. The van der Waals surface area contributed by atoms with E-state index >= 15 is 0 Å². The van der Waals surface area contributed by atoms with Gasteiger partial charge in [-0.1, -0.05) is 11.6 Å². The Morgan fingerprint density at radius 3 is 3.00 bits per heavy atom. The summed E-state index contributed by atoms with van der Waals surface area (Å²) in [6.07, 6.45) is 5.57. The van der Waals surface area contributed by atoms with Gasteiger partial charge in [-0.3, -0.25) is 9.48 Å². The molecule has 6 heteroatoms. The molecule has 1 aliphatic rings. The number of rotatable bonds is 3. The molecule has 0 aliphatic carbocycles. The van der Waals surface area contributed by atoms with Gasteiger partial charge in [0.05, 0.1) is 24.3 Å². The van der Waals surface area contributed by atoms with Gasteiger partial charge in [0, 0.05) is 17.8 Å². The van der Waals surface area contributed by atoms with E-state index in [0.717, 1.165) is 18.4 Å². The van der Waals surface area contributed by atoms with Crippen molar-refractivity contribution in [2.24, 2.45) is 0 Å². The number of carbonyl (C=O) groups excluding carboxylic acids is 1. The molecule has 1 saturated heterocycles. The Morgan fingerprint density at radius 1 is 1.50 bits per heavy atom. The molecular formula is C16H17ClFN3O. The number of benzene rings is 1. The third-order valence-electron chi connectivity index (χ3n) is 3.96. The van der Waals surface area contributed by atoms with E-state index < -0.39 is 5.82 Å². The molecule has 116 valence electrons. The highest BCUT2D eigenvalue weighted by atomic mass is 35.5. The van der Waals surface area contributed by atoms with E-state index in [1.54, 1.807) is 17.2 Å². The number of hydrogen-bond acceptors (Lipinski definition) is 2. The number of aryl methyl sites for hydroxylation is 1. The van der Waals surface area contributed by atoms with Crippen LogP contribution >= 0.6 is 11.6 Å². The summed E-state index contributed by atoms with van der Waals surface area (Å²) in [7, 11) is 0. The molecule has 1 unspecified atom stereocenters. The third-order valence-corrected chi connectivity index (χ3v) is 4.19. The van der Waals surface area contributed by atoms with Crippen LogP contribution in [0.5, 0.6) is 0 Å². The fraction of sp³-hybridized carbons (Fsp3) is 0.375. The van der Waals surface area contributed by atoms with Crippen molar-refractivity contribution in [2.45, 2.75) is 32.4 Å². The molecule has 0 radical (unpaired) electrons. The number of amides is 1. The molecule has 2 heterocycles. The van der Waals surface area contributed by atoms with Crippen LogP contribution in [0, 0.1) is 12.7 Å². The molecule has 1 aromatic carbocycles. The molecule has 0 N–H and O–H groups in total. The molecule has 1 aliphatic heterocycles. The Hall–Kier alpha value is -1.88. The molecule has 1 amide bonds. The Morgan fingerprint density at radius 2 is 2.32 bits per heavy atom. The van der Waals surface area contributed by atoms with E-state index in [9.17, 15) is 9.18 Å². The second-order valence-electron chi connectivity index (χ2n) is 5.66. The van der Waals surface area contributed by atoms with E-state index in [1.165, 1.54) is 12.1 Å². The van der Waals surface area contributed by atoms with Gasteiger partial charge in [0.2, 0.25) is 0 Å². The lowest BCUT2D eigenvalue weighted by atomic mass is 10.1. The van der Waals surface area contributed by atoms with Crippen molar-refractivity contribution >= 4 is 17.5 Å². The van der Waals surface area contributed by atoms with Gasteiger partial charge in [-0.25, -0.2) is 4.39 Å². The van der Waals surface area contributed by atoms with Crippen LogP contribution in [0.1, 0.15) is 28.8 Å². The van der Waals surface area contributed by atoms with Crippen molar-refractivity contribution in [3.05, 3.63) is 52.6 Å². The molecule has 0 spiro atoms. The predicted molar refractivity (Wildman–Crippen MR) is 82.4 cm³/mol. The van der Waals surface area contributed by atoms with Crippen molar-refractivity contribution in [1.29, 1.82) is 0 Å². The van der Waals surface area contributed by atoms with Crippen LogP contribution in [-0.4, -0.2) is 33.2 Å². The first-order chi connectivity index (χ1) is 10.5. The second-order valence-corrected chi connectivity index (χ2v) is 6.09. The van der Waals surface area contributed by atoms with Gasteiger partial charge in [-0.15, -0.1) is 0 Å². The van der Waals surface area contributed by atoms with Crippen LogP contribution in [0.3, 0.4) is 0 Å². The Bertz CT molecular complexity index is 700. The highest BCUT2D eigenvalue weighted by molar-refractivity contribution is 6.30. The van der Waals surface area contributed by atoms with Gasteiger partial charge >= 0.3 is 0 Å². The molecule has 0 saturated carbocycles. The Balaban J connectivity index is 1.78. The van der Waals surface area contributed by atoms with Gasteiger partial charge in [-0.2, -0.15) is 5.10 Å². The Kier molecular flexibility index (Phi) is 4.16. The zero-order chi connectivity index (χ0) is 15.7. The monoisotopic (exact) mass is 321 g/mol. The van der Waals surface area contributed by atoms with Gasteiger partial charge in [0.15, 0.2) is 0 Å². The fourth-order valence-electron chi connectivity index (χ4n) is 2.89. The standard InChI is InChI=1S/C16H17ClFN3O/c1-11-8-19-20(9-11)10-13-3-2-6-21(13)16(22)14-5-4-12(17)7-15(14)18/h4-5,7-9,13H,2-3,6,10H2,1H3. The lowest BCUT2D eigenvalue weighted by Gasteiger charge is -2.25. The molecule has 3 rings (SSSR count). The van der Waals surface area contributed by atoms with Crippen LogP contribution in [0.25, 0.3) is 0 Å². The van der Waals surface area contributed by atoms with E-state index in [0.29, 0.717) is 18.1 Å². The van der Waals surface area contributed by atoms with Gasteiger partial charge in [-0.05, 0) is 43.5 Å². The number of aromatic nitrogens is 2. The maximum Gasteiger partial charge on any atom is 0.257 e. The topological polar surface area (TPSA) is 38.1 Å². The van der Waals surface area contributed by atoms with Gasteiger partial charge < -0.3 is 4.90 Å². The number of carbonyl (C=O) groups is 1. The summed E-state index contributed by atoms with van der Waals surface area (Å²) < 4.78 is 15.8. The number of hydrogen-bond donors (Lipinski definition) is 0. The van der Waals surface area contributed by atoms with Gasteiger partial charge in [0.1, 0.15) is 5.82 Å². The largest absolute Gasteiger partial charge is 0.334 e. The lowest BCUT2D eigenvalue weighted by molar-refractivity contribution is 0.0717. The van der Waals surface area contributed by atoms with Crippen molar-refractivity contribution in [2.75, 3.05) is 6.54 Å². The van der Waals surface area contributed by atoms with Crippen molar-refractivity contribution < 1.29 is 9.18 Å². The maximum atomic E-state index is 14.0. The van der Waals surface area contributed by atoms with Gasteiger partial charge in [0.25, 0.3) is 5.91 Å². The summed E-state index contributed by atoms with van der Waals surface area (Å²) >= 11 is 5.74. The average molecular weight is 322 g/mol. The molecule has 2 aromatic rings. The van der Waals surface area contributed by atoms with E-state index in [2.05, 4.69) is 5.10 Å². The fourth-order valence-corrected chi connectivity index (χ4v) is 3.05. The van der Waals surface area contributed by atoms with Crippen LogP contribution in [0.15, 0.2) is 30.6 Å². The van der Waals surface area contributed by atoms with Crippen molar-refractivity contribution in [3.8, 4) is 0 Å². The van der Waals surface area contributed by atoms with E-state index in [-0.39, 0.29) is 17.5 Å². The SMILES string of the molecule is Cc1cnn(CC2CCCN2C(=O)c2ccc(Cl)cc2F)c1. The summed E-state index contributed by atoms with van der Waals surface area (Å²) in [6, 6.07) is 4.21. The van der Waals surface area contributed by atoms with Crippen molar-refractivity contribution in [1.82, 2.24) is 14.7 Å². The van der Waals surface area contributed by atoms with Crippen molar-refractivity contribution in [3.63, 3.8) is 0 Å². The van der Waals surface area contributed by atoms with Crippen LogP contribution < -0.4 is 0 Å². The first-order valence-electron chi connectivity index (χ1n) is 7.29. The average Bonchev–Trinajstić information content (AvgIpc) is 3.08. The minimum absolute atomic E-state index is 0.0434. The normalized spacial score (nSPS) is 18.0. The Labute approximate surface area is 133 Å². The van der Waals surface area contributed by atoms with E-state index in [4.69, 9.17) is 11.6 Å². The first kappa shape index (κ1) is 15.0. The minimum atomic E-state index is -0.571. The molecular weight excluding hydrogens is 305 g/mol. The third kappa shape index (κ3) is 2.99. The quantitative estimate of drug-likeness (QED) is 0.870. The van der Waals surface area contributed by atoms with E-state index in [1.807, 2.05) is 17.8 Å². The summed E-state index contributed by atoms with van der Waals surface area (Å²) in [4.78, 5) is 14.3. The highest BCUT2D eigenvalue weighted by Crippen LogP contribution is 2.23. The number of likely N-dealkylation sites (tertiary alicyclic amines) is 1. The van der Waals surface area contributed by atoms with Crippen LogP contribution in [-0.2, 0) is 6.54 Å². The van der Waals surface area contributed by atoms with Crippen LogP contribution in [0.2, 0.25) is 5.02 Å². The lowest BCUT2D eigenvalue weighted by Crippen LogP contribution is -2.38. The summed E-state index contributed by atoms with van der Waals surface area (Å²) in [6.45, 7) is 3.25. The zero-order valence-electron chi connectivity index (χ0n) is 12.3. The maximum absolute atomic E-state index is 14.0. The molecule has 22 heavy (non-hydrogen) atoms. The smallest absolute Gasteiger partial charge is 0.257 e. The summed E-state index contributed by atoms with van der Waals surface area (Å²) in [5.41, 5.74) is 1.16. The minimum Gasteiger partial charge on any atom is -0.334 e. The zero-order valence-corrected chi connectivity index (χ0v) is 13.1. The molecule has 4 nitrogen and oxygen atoms in total. The number of nitrogens with zero attached hydrogens (tertiary/aromatic N) is 3. The summed E-state index contributed by atoms with van der Waals surface area (Å²) in [5, 5.41) is 4.55. The first-order valence-corrected chi connectivity index (χ1v) is 7.67. The summed E-state index contributed by atoms with van der Waals surface area (Å²) in [5.74, 6) is -0.848. The van der Waals surface area contributed by atoms with Crippen LogP contribution in [0.4, 0.5) is 4.39 Å². The predicted octanol–water partition coefficient (Wildman–Crippen LogP) is 3.29. The molecule has 0 bridgehead atoms. The number of halogens is 2.